The Labute approximate surface area is 196 Å². The van der Waals surface area contributed by atoms with E-state index in [1.54, 1.807) is 0 Å². The van der Waals surface area contributed by atoms with Gasteiger partial charge in [-0.3, -0.25) is 14.7 Å². The molecule has 5 nitrogen and oxygen atoms in total. The Kier molecular flexibility index (Phi) is 13.1. The minimum Gasteiger partial charge on any atom is -0.355 e. The SMILES string of the molecule is CCCCN1CCN(C(=S)SCCSC(=S)[NH+]2CCN(CCCC#N)CC2)CC1. The molecule has 2 rings (SSSR count). The predicted octanol–water partition coefficient (Wildman–Crippen LogP) is 1.94. The van der Waals surface area contributed by atoms with E-state index in [2.05, 4.69) is 27.7 Å². The summed E-state index contributed by atoms with van der Waals surface area (Å²) in [7, 11) is 0. The van der Waals surface area contributed by atoms with Crippen LogP contribution in [0.15, 0.2) is 0 Å². The molecule has 0 spiro atoms. The van der Waals surface area contributed by atoms with Crippen molar-refractivity contribution in [1.29, 1.82) is 5.26 Å². The highest BCUT2D eigenvalue weighted by molar-refractivity contribution is 8.25. The molecule has 0 radical (unpaired) electrons. The van der Waals surface area contributed by atoms with E-state index in [-0.39, 0.29) is 0 Å². The third kappa shape index (κ3) is 9.81. The zero-order valence-electron chi connectivity index (χ0n) is 17.7. The van der Waals surface area contributed by atoms with Crippen molar-refractivity contribution < 1.29 is 4.90 Å². The van der Waals surface area contributed by atoms with Gasteiger partial charge in [0.05, 0.1) is 19.2 Å². The van der Waals surface area contributed by atoms with Gasteiger partial charge < -0.3 is 4.90 Å². The quantitative estimate of drug-likeness (QED) is 0.402. The van der Waals surface area contributed by atoms with E-state index in [1.165, 1.54) is 24.3 Å². The van der Waals surface area contributed by atoms with Crippen molar-refractivity contribution in [3.8, 4) is 6.07 Å². The molecule has 2 saturated heterocycles. The summed E-state index contributed by atoms with van der Waals surface area (Å²) in [4.78, 5) is 8.86. The molecule has 1 N–H and O–H groups in total. The molecule has 29 heavy (non-hydrogen) atoms. The highest BCUT2D eigenvalue weighted by atomic mass is 32.2. The van der Waals surface area contributed by atoms with Crippen LogP contribution in [-0.2, 0) is 0 Å². The number of nitrogens with zero attached hydrogens (tertiary/aromatic N) is 4. The van der Waals surface area contributed by atoms with Gasteiger partial charge in [0.25, 0.3) is 0 Å². The first-order chi connectivity index (χ1) is 14.1. The van der Waals surface area contributed by atoms with Gasteiger partial charge in [0.15, 0.2) is 0 Å². The molecular formula is C20H36N5S4+. The third-order valence-electron chi connectivity index (χ3n) is 5.51. The molecule has 2 aliphatic rings. The second-order valence-electron chi connectivity index (χ2n) is 7.64. The number of thiocarbonyl (C=S) groups is 2. The average Bonchev–Trinajstić information content (AvgIpc) is 2.76. The molecule has 0 bridgehead atoms. The van der Waals surface area contributed by atoms with E-state index in [9.17, 15) is 0 Å². The Morgan fingerprint density at radius 3 is 2.21 bits per heavy atom. The lowest BCUT2D eigenvalue weighted by Gasteiger charge is -2.35. The monoisotopic (exact) mass is 474 g/mol. The Balaban J connectivity index is 1.52. The van der Waals surface area contributed by atoms with Crippen LogP contribution >= 0.6 is 48.0 Å². The molecule has 164 valence electrons. The second kappa shape index (κ2) is 15.0. The van der Waals surface area contributed by atoms with Crippen molar-refractivity contribution in [2.24, 2.45) is 0 Å². The summed E-state index contributed by atoms with van der Waals surface area (Å²) in [5.41, 5.74) is 0. The van der Waals surface area contributed by atoms with Crippen LogP contribution < -0.4 is 4.90 Å². The van der Waals surface area contributed by atoms with Crippen molar-refractivity contribution >= 4 is 56.6 Å². The maximum atomic E-state index is 8.65. The van der Waals surface area contributed by atoms with E-state index in [1.807, 2.05) is 23.5 Å². The van der Waals surface area contributed by atoms with Crippen LogP contribution in [-0.4, -0.2) is 100 Å². The topological polar surface area (TPSA) is 38.0 Å². The smallest absolute Gasteiger partial charge is 0.231 e. The van der Waals surface area contributed by atoms with Gasteiger partial charge in [-0.05, 0) is 38.1 Å². The average molecular weight is 475 g/mol. The van der Waals surface area contributed by atoms with E-state index < -0.39 is 0 Å². The second-order valence-corrected chi connectivity index (χ2v) is 11.1. The van der Waals surface area contributed by atoms with Crippen LogP contribution in [0.1, 0.15) is 32.6 Å². The molecule has 2 heterocycles. The standard InChI is InChI=1S/C20H35N5S4/c1-2-3-7-22-9-13-24(14-10-22)19(26)28-17-18-29-20(27)25-15-11-23(12-16-25)8-5-4-6-21/h2-5,7-18H2,1H3/p+1. The van der Waals surface area contributed by atoms with Crippen LogP contribution in [0.5, 0.6) is 0 Å². The predicted molar refractivity (Wildman–Crippen MR) is 135 cm³/mol. The van der Waals surface area contributed by atoms with Gasteiger partial charge in [0.1, 0.15) is 4.32 Å². The number of quaternary nitrogens is 1. The fourth-order valence-corrected chi connectivity index (χ4v) is 6.31. The lowest BCUT2D eigenvalue weighted by molar-refractivity contribution is -0.804. The van der Waals surface area contributed by atoms with Crippen LogP contribution in [0.4, 0.5) is 0 Å². The molecule has 0 unspecified atom stereocenters. The molecule has 0 aromatic rings. The van der Waals surface area contributed by atoms with Gasteiger partial charge in [-0.15, -0.1) is 0 Å². The van der Waals surface area contributed by atoms with Crippen molar-refractivity contribution in [3.63, 3.8) is 0 Å². The molecular weight excluding hydrogens is 439 g/mol. The summed E-state index contributed by atoms with van der Waals surface area (Å²) in [5, 5.41) is 8.65. The van der Waals surface area contributed by atoms with Gasteiger partial charge in [0, 0.05) is 57.2 Å². The third-order valence-corrected chi connectivity index (χ3v) is 8.90. The van der Waals surface area contributed by atoms with Crippen molar-refractivity contribution in [2.45, 2.75) is 32.6 Å². The number of unbranched alkanes of at least 4 members (excludes halogenated alkanes) is 2. The fourth-order valence-electron chi connectivity index (χ4n) is 3.62. The van der Waals surface area contributed by atoms with E-state index in [4.69, 9.17) is 29.7 Å². The fraction of sp³-hybridized carbons (Fsp3) is 0.850. The number of piperazine rings is 2. The van der Waals surface area contributed by atoms with E-state index in [0.29, 0.717) is 6.42 Å². The lowest BCUT2D eigenvalue weighted by Crippen LogP contribution is -3.16. The van der Waals surface area contributed by atoms with Gasteiger partial charge in [-0.25, -0.2) is 0 Å². The van der Waals surface area contributed by atoms with Crippen LogP contribution in [0.25, 0.3) is 0 Å². The molecule has 0 aromatic heterocycles. The molecule has 0 aromatic carbocycles. The van der Waals surface area contributed by atoms with Crippen LogP contribution in [0.2, 0.25) is 0 Å². The Hall–Kier alpha value is 0.0500. The summed E-state index contributed by atoms with van der Waals surface area (Å²) >= 11 is 15.0. The molecule has 9 heteroatoms. The van der Waals surface area contributed by atoms with Gasteiger partial charge >= 0.3 is 0 Å². The van der Waals surface area contributed by atoms with E-state index >= 15 is 0 Å². The number of thioether (sulfide) groups is 2. The molecule has 2 fully saturated rings. The maximum Gasteiger partial charge on any atom is 0.231 e. The summed E-state index contributed by atoms with van der Waals surface area (Å²) in [5.74, 6) is 2.07. The maximum absolute atomic E-state index is 8.65. The normalized spacial score (nSPS) is 19.2. The Bertz CT molecular complexity index is 537. The molecule has 2 aliphatic heterocycles. The number of rotatable bonds is 9. The van der Waals surface area contributed by atoms with E-state index in [0.717, 1.165) is 85.5 Å². The van der Waals surface area contributed by atoms with Gasteiger partial charge in [-0.1, -0.05) is 49.1 Å². The first-order valence-corrected chi connectivity index (χ1v) is 13.7. The first kappa shape index (κ1) is 25.3. The van der Waals surface area contributed by atoms with Crippen LogP contribution in [0, 0.1) is 11.3 Å². The molecule has 0 aliphatic carbocycles. The first-order valence-electron chi connectivity index (χ1n) is 10.9. The minimum absolute atomic E-state index is 0.662. The Morgan fingerprint density at radius 1 is 0.931 bits per heavy atom. The summed E-state index contributed by atoms with van der Waals surface area (Å²) in [6, 6.07) is 2.23. The highest BCUT2D eigenvalue weighted by Crippen LogP contribution is 2.15. The molecule has 0 amide bonds. The number of nitrogens with one attached hydrogen (secondary N) is 1. The Morgan fingerprint density at radius 2 is 1.55 bits per heavy atom. The molecule has 0 atom stereocenters. The highest BCUT2D eigenvalue weighted by Gasteiger charge is 2.23. The van der Waals surface area contributed by atoms with Crippen LogP contribution in [0.3, 0.4) is 0 Å². The zero-order chi connectivity index (χ0) is 20.9. The number of hydrogen-bond donors (Lipinski definition) is 1. The van der Waals surface area contributed by atoms with Gasteiger partial charge in [-0.2, -0.15) is 5.26 Å². The number of hydrogen-bond acceptors (Lipinski definition) is 7. The van der Waals surface area contributed by atoms with Crippen molar-refractivity contribution in [3.05, 3.63) is 0 Å². The largest absolute Gasteiger partial charge is 0.355 e. The zero-order valence-corrected chi connectivity index (χ0v) is 21.0. The lowest BCUT2D eigenvalue weighted by atomic mass is 10.2. The summed E-state index contributed by atoms with van der Waals surface area (Å²) in [6.07, 6.45) is 4.22. The number of nitriles is 1. The van der Waals surface area contributed by atoms with Crippen molar-refractivity contribution in [1.82, 2.24) is 14.7 Å². The summed E-state index contributed by atoms with van der Waals surface area (Å²) < 4.78 is 2.17. The van der Waals surface area contributed by atoms with Crippen molar-refractivity contribution in [2.75, 3.05) is 77.0 Å². The minimum atomic E-state index is 0.662. The van der Waals surface area contributed by atoms with Gasteiger partial charge in [0.2, 0.25) is 4.32 Å². The summed E-state index contributed by atoms with van der Waals surface area (Å²) in [6.45, 7) is 13.3. The molecule has 0 saturated carbocycles.